The van der Waals surface area contributed by atoms with Gasteiger partial charge in [0, 0.05) is 16.6 Å². The summed E-state index contributed by atoms with van der Waals surface area (Å²) in [6.45, 7) is -0.398. The van der Waals surface area contributed by atoms with Crippen LogP contribution in [-0.4, -0.2) is 31.4 Å². The third-order valence-electron chi connectivity index (χ3n) is 4.35. The van der Waals surface area contributed by atoms with E-state index in [4.69, 9.17) is 23.2 Å². The lowest BCUT2D eigenvalue weighted by Gasteiger charge is -2.21. The number of hydrazone groups is 1. The minimum atomic E-state index is -3.94. The van der Waals surface area contributed by atoms with E-state index in [1.54, 1.807) is 54.6 Å². The van der Waals surface area contributed by atoms with E-state index in [9.17, 15) is 13.2 Å². The standard InChI is InChI=1S/C22H18BrCl2N3O3S/c23-18-9-11-19(12-10-18)32(30,31)28(14-16-5-2-1-3-6-16)15-21(29)27-26-13-17-7-4-8-20(24)22(17)25/h1-13H,14-15H2,(H,27,29)/b26-13-. The van der Waals surface area contributed by atoms with Crippen LogP contribution in [0.5, 0.6) is 0 Å². The molecule has 0 unspecified atom stereocenters. The number of nitrogens with one attached hydrogen (secondary N) is 1. The fraction of sp³-hybridized carbons (Fsp3) is 0.0909. The molecular formula is C22H18BrCl2N3O3S. The maximum Gasteiger partial charge on any atom is 0.255 e. The molecule has 0 aliphatic heterocycles. The summed E-state index contributed by atoms with van der Waals surface area (Å²) in [7, 11) is -3.94. The molecule has 0 atom stereocenters. The Hall–Kier alpha value is -2.23. The van der Waals surface area contributed by atoms with Crippen LogP contribution in [0.3, 0.4) is 0 Å². The van der Waals surface area contributed by atoms with Gasteiger partial charge in [0.25, 0.3) is 5.91 Å². The summed E-state index contributed by atoms with van der Waals surface area (Å²) in [6, 6.07) is 20.3. The van der Waals surface area contributed by atoms with Gasteiger partial charge in [-0.1, -0.05) is 81.6 Å². The molecule has 3 aromatic carbocycles. The first-order chi connectivity index (χ1) is 15.3. The van der Waals surface area contributed by atoms with Crippen LogP contribution in [0, 0.1) is 0 Å². The maximum atomic E-state index is 13.2. The second-order valence-corrected chi connectivity index (χ2v) is 10.3. The first kappa shape index (κ1) is 24.4. The predicted molar refractivity (Wildman–Crippen MR) is 130 cm³/mol. The summed E-state index contributed by atoms with van der Waals surface area (Å²) in [6.07, 6.45) is 1.34. The first-order valence-corrected chi connectivity index (χ1v) is 12.3. The Labute approximate surface area is 205 Å². The largest absolute Gasteiger partial charge is 0.272 e. The average molecular weight is 555 g/mol. The summed E-state index contributed by atoms with van der Waals surface area (Å²) in [5.41, 5.74) is 3.60. The molecule has 0 fully saturated rings. The van der Waals surface area contributed by atoms with Crippen molar-refractivity contribution >= 4 is 61.3 Å². The number of halogens is 3. The van der Waals surface area contributed by atoms with Crippen molar-refractivity contribution in [2.24, 2.45) is 5.10 Å². The summed E-state index contributed by atoms with van der Waals surface area (Å²) in [5, 5.41) is 4.53. The van der Waals surface area contributed by atoms with Crippen molar-refractivity contribution in [3.05, 3.63) is 98.4 Å². The second kappa shape index (κ2) is 11.1. The monoisotopic (exact) mass is 553 g/mol. The van der Waals surface area contributed by atoms with E-state index in [-0.39, 0.29) is 11.4 Å². The SMILES string of the molecule is O=C(CN(Cc1ccccc1)S(=O)(=O)c1ccc(Br)cc1)N/N=C\c1cccc(Cl)c1Cl. The maximum absolute atomic E-state index is 13.2. The third kappa shape index (κ3) is 6.40. The molecular weight excluding hydrogens is 537 g/mol. The molecule has 166 valence electrons. The molecule has 0 saturated carbocycles. The van der Waals surface area contributed by atoms with Crippen LogP contribution < -0.4 is 5.43 Å². The fourth-order valence-electron chi connectivity index (χ4n) is 2.76. The molecule has 10 heteroatoms. The lowest BCUT2D eigenvalue weighted by atomic mass is 10.2. The molecule has 3 aromatic rings. The van der Waals surface area contributed by atoms with Gasteiger partial charge in [-0.15, -0.1) is 0 Å². The van der Waals surface area contributed by atoms with E-state index in [1.807, 2.05) is 6.07 Å². The van der Waals surface area contributed by atoms with Gasteiger partial charge in [0.05, 0.1) is 27.7 Å². The van der Waals surface area contributed by atoms with Crippen LogP contribution in [0.2, 0.25) is 10.0 Å². The molecule has 0 aliphatic rings. The highest BCUT2D eigenvalue weighted by atomic mass is 79.9. The molecule has 1 amide bonds. The van der Waals surface area contributed by atoms with Gasteiger partial charge in [0.15, 0.2) is 0 Å². The molecule has 3 rings (SSSR count). The van der Waals surface area contributed by atoms with Crippen molar-refractivity contribution in [3.8, 4) is 0 Å². The molecule has 0 heterocycles. The van der Waals surface area contributed by atoms with Crippen molar-refractivity contribution in [2.75, 3.05) is 6.54 Å². The molecule has 0 saturated heterocycles. The van der Waals surface area contributed by atoms with E-state index in [2.05, 4.69) is 26.5 Å². The van der Waals surface area contributed by atoms with Gasteiger partial charge in [-0.05, 0) is 35.9 Å². The zero-order valence-electron chi connectivity index (χ0n) is 16.6. The van der Waals surface area contributed by atoms with E-state index in [0.29, 0.717) is 15.6 Å². The molecule has 0 aliphatic carbocycles. The van der Waals surface area contributed by atoms with Crippen LogP contribution in [0.1, 0.15) is 11.1 Å². The van der Waals surface area contributed by atoms with Gasteiger partial charge in [-0.25, -0.2) is 13.8 Å². The van der Waals surface area contributed by atoms with Gasteiger partial charge in [0.1, 0.15) is 0 Å². The van der Waals surface area contributed by atoms with Crippen molar-refractivity contribution in [3.63, 3.8) is 0 Å². The smallest absolute Gasteiger partial charge is 0.255 e. The van der Waals surface area contributed by atoms with E-state index >= 15 is 0 Å². The second-order valence-electron chi connectivity index (χ2n) is 6.65. The average Bonchev–Trinajstić information content (AvgIpc) is 2.77. The summed E-state index contributed by atoms with van der Waals surface area (Å²) in [4.78, 5) is 12.6. The summed E-state index contributed by atoms with van der Waals surface area (Å²) >= 11 is 15.4. The Morgan fingerprint density at radius 3 is 2.38 bits per heavy atom. The number of nitrogens with zero attached hydrogens (tertiary/aromatic N) is 2. The van der Waals surface area contributed by atoms with Crippen molar-refractivity contribution < 1.29 is 13.2 Å². The summed E-state index contributed by atoms with van der Waals surface area (Å²) < 4.78 is 28.3. The van der Waals surface area contributed by atoms with Crippen molar-refractivity contribution in [2.45, 2.75) is 11.4 Å². The van der Waals surface area contributed by atoms with E-state index < -0.39 is 22.5 Å². The Morgan fingerprint density at radius 2 is 1.69 bits per heavy atom. The van der Waals surface area contributed by atoms with E-state index in [0.717, 1.165) is 14.3 Å². The minimum absolute atomic E-state index is 0.0243. The number of hydrogen-bond donors (Lipinski definition) is 1. The van der Waals surface area contributed by atoms with Crippen LogP contribution in [0.15, 0.2) is 87.3 Å². The lowest BCUT2D eigenvalue weighted by Crippen LogP contribution is -2.39. The number of benzene rings is 3. The molecule has 0 bridgehead atoms. The van der Waals surface area contributed by atoms with Crippen LogP contribution in [0.4, 0.5) is 0 Å². The summed E-state index contributed by atoms with van der Waals surface area (Å²) in [5.74, 6) is -0.601. The topological polar surface area (TPSA) is 78.8 Å². The zero-order chi connectivity index (χ0) is 23.1. The normalized spacial score (nSPS) is 11.8. The van der Waals surface area contributed by atoms with E-state index in [1.165, 1.54) is 18.3 Å². The Bertz CT molecular complexity index is 1220. The Kier molecular flexibility index (Phi) is 8.44. The number of carbonyl (C=O) groups is 1. The Balaban J connectivity index is 1.78. The molecule has 0 radical (unpaired) electrons. The molecule has 1 N–H and O–H groups in total. The van der Waals surface area contributed by atoms with Crippen LogP contribution in [-0.2, 0) is 21.4 Å². The van der Waals surface area contributed by atoms with Crippen molar-refractivity contribution in [1.29, 1.82) is 0 Å². The minimum Gasteiger partial charge on any atom is -0.272 e. The first-order valence-electron chi connectivity index (χ1n) is 9.33. The van der Waals surface area contributed by atoms with Gasteiger partial charge in [-0.2, -0.15) is 9.41 Å². The van der Waals surface area contributed by atoms with Gasteiger partial charge in [-0.3, -0.25) is 4.79 Å². The number of sulfonamides is 1. The molecule has 6 nitrogen and oxygen atoms in total. The fourth-order valence-corrected chi connectivity index (χ4v) is 4.76. The highest BCUT2D eigenvalue weighted by Gasteiger charge is 2.27. The van der Waals surface area contributed by atoms with Gasteiger partial charge < -0.3 is 0 Å². The number of hydrogen-bond acceptors (Lipinski definition) is 4. The highest BCUT2D eigenvalue weighted by molar-refractivity contribution is 9.10. The number of carbonyl (C=O) groups excluding carboxylic acids is 1. The van der Waals surface area contributed by atoms with Gasteiger partial charge in [0.2, 0.25) is 10.0 Å². The van der Waals surface area contributed by atoms with Crippen molar-refractivity contribution in [1.82, 2.24) is 9.73 Å². The van der Waals surface area contributed by atoms with Crippen LogP contribution in [0.25, 0.3) is 0 Å². The molecule has 0 aromatic heterocycles. The lowest BCUT2D eigenvalue weighted by molar-refractivity contribution is -0.121. The molecule has 32 heavy (non-hydrogen) atoms. The third-order valence-corrected chi connectivity index (χ3v) is 7.52. The zero-order valence-corrected chi connectivity index (χ0v) is 20.5. The number of amides is 1. The predicted octanol–water partition coefficient (Wildman–Crippen LogP) is 5.10. The van der Waals surface area contributed by atoms with Gasteiger partial charge >= 0.3 is 0 Å². The Morgan fingerprint density at radius 1 is 1.00 bits per heavy atom. The quantitative estimate of drug-likeness (QED) is 0.311. The van der Waals surface area contributed by atoms with Crippen LogP contribution >= 0.6 is 39.1 Å². The highest BCUT2D eigenvalue weighted by Crippen LogP contribution is 2.24. The molecule has 0 spiro atoms. The number of rotatable bonds is 8.